The minimum atomic E-state index is 0.248. The van der Waals surface area contributed by atoms with Crippen molar-refractivity contribution in [2.24, 2.45) is 137 Å². The van der Waals surface area contributed by atoms with E-state index in [-0.39, 0.29) is 11.1 Å². The van der Waals surface area contributed by atoms with Gasteiger partial charge in [-0.3, -0.25) is 14.7 Å². The van der Waals surface area contributed by atoms with Crippen molar-refractivity contribution >= 4 is 54.2 Å². The van der Waals surface area contributed by atoms with Crippen LogP contribution in [0.5, 0.6) is 0 Å². The highest BCUT2D eigenvalue weighted by Gasteiger charge is 2.65. The number of ether oxygens (including phenoxy) is 1. The van der Waals surface area contributed by atoms with Gasteiger partial charge in [0.25, 0.3) is 0 Å². The Labute approximate surface area is 904 Å². The maximum absolute atomic E-state index is 5.66. The van der Waals surface area contributed by atoms with Gasteiger partial charge in [0.05, 0.1) is 25.5 Å². The standard InChI is InChI=1S/C34H47N.C34H45N.C33H45NO.C31H37N3.2C5H12/c2*1-32(2,3)35(6)27-17-19-33(4)26(22-27)13-14-28-30-16-15-29(34(30,5)20-18-31(28)33)25-12-11-23-9-7-8-10-24(23)21-25;1-32-15-13-27(34-17-19-35-20-18-34)22-26(32)9-10-28-30-12-11-29(33(30,2)16-14-31(28)32)25-8-7-23-5-3-4-6-24(23)21-25;1-30-15-13-25(34-18-17-32-33-34)20-24(30)9-10-26-28-12-11-27(31(28,2)16-14-29(26)30)23-8-7-21-5-3-4-6-22(21)19-23;2*1-5(2,3)4/h7-13,21,27-31H,14-20,22H2,1-6H3;7-13,15,21,27-28,30-31H,14,16-20,22H2,1-6H3;3-8,21,26-31H,9-20,22H2,1-2H3;3-8,11,17-19,24-26,28-29H,9-10,12-16,20H2,1-2H3;2*1-4H3/t27-,28-,29+,30-,31-,33-,34+;27-,28-,30-,31-,33-,34+;26-,27-,28-,29+,30-,31-,32-,33+;24-,25-,26-,28-,29-,30-,31+;;/m0000../s1. The number of nitrogens with zero attached hydrogens (tertiary/aromatic N) is 6. The van der Waals surface area contributed by atoms with Gasteiger partial charge in [-0.2, -0.15) is 0 Å². The van der Waals surface area contributed by atoms with E-state index >= 15 is 0 Å². The molecule has 0 spiro atoms. The summed E-state index contributed by atoms with van der Waals surface area (Å²) in [5, 5.41) is 19.5. The molecule has 149 heavy (non-hydrogen) atoms. The smallest absolute Gasteiger partial charge is 0.0693 e. The lowest BCUT2D eigenvalue weighted by Gasteiger charge is -2.61. The third-order valence-corrected chi connectivity index (χ3v) is 46.7. The Kier molecular flexibility index (Phi) is 29.8. The quantitative estimate of drug-likeness (QED) is 0.141. The molecule has 0 unspecified atom stereocenters. The van der Waals surface area contributed by atoms with Crippen LogP contribution in [-0.4, -0.2) is 99.3 Å². The van der Waals surface area contributed by atoms with Crippen molar-refractivity contribution in [2.75, 3.05) is 40.4 Å². The second-order valence-corrected chi connectivity index (χ2v) is 59.9. The van der Waals surface area contributed by atoms with Crippen molar-refractivity contribution < 1.29 is 4.74 Å². The van der Waals surface area contributed by atoms with Crippen LogP contribution in [0.15, 0.2) is 218 Å². The van der Waals surface area contributed by atoms with Gasteiger partial charge in [0.1, 0.15) is 0 Å². The number of benzene rings is 8. The van der Waals surface area contributed by atoms with Crippen molar-refractivity contribution in [2.45, 2.75) is 405 Å². The van der Waals surface area contributed by atoms with Crippen molar-refractivity contribution in [3.8, 4) is 0 Å². The van der Waals surface area contributed by atoms with Gasteiger partial charge in [0.15, 0.2) is 0 Å². The summed E-state index contributed by atoms with van der Waals surface area (Å²) in [4.78, 5) is 8.08. The van der Waals surface area contributed by atoms with Crippen LogP contribution < -0.4 is 0 Å². The molecule has 0 N–H and O–H groups in total. The number of rotatable bonds is 8. The molecule has 17 aliphatic rings. The molecule has 802 valence electrons. The van der Waals surface area contributed by atoms with Crippen molar-refractivity contribution in [1.29, 1.82) is 0 Å². The summed E-state index contributed by atoms with van der Waals surface area (Å²) in [5.74, 6) is 13.9. The topological polar surface area (TPSA) is 49.7 Å². The summed E-state index contributed by atoms with van der Waals surface area (Å²) >= 11 is 0. The first kappa shape index (κ1) is 107. The average molecular weight is 2010 g/mol. The third kappa shape index (κ3) is 20.5. The van der Waals surface area contributed by atoms with Gasteiger partial charge in [-0.05, 0) is 499 Å². The molecule has 0 radical (unpaired) electrons. The highest BCUT2D eigenvalue weighted by Crippen LogP contribution is 2.74. The van der Waals surface area contributed by atoms with Crippen LogP contribution in [0.25, 0.3) is 54.2 Å². The molecule has 13 fully saturated rings. The largest absolute Gasteiger partial charge is 0.379 e. The third-order valence-electron chi connectivity index (χ3n) is 46.7. The Morgan fingerprint density at radius 2 is 0.678 bits per heavy atom. The van der Waals surface area contributed by atoms with E-state index in [4.69, 9.17) is 4.74 Å². The molecule has 16 aliphatic carbocycles. The fraction of sp³-hybridized carbons (Fsp3) is 0.648. The van der Waals surface area contributed by atoms with Crippen LogP contribution in [0.4, 0.5) is 0 Å². The fourth-order valence-electron chi connectivity index (χ4n) is 38.1. The second kappa shape index (κ2) is 41.4. The van der Waals surface area contributed by atoms with Crippen LogP contribution in [-0.2, 0) is 4.74 Å². The van der Waals surface area contributed by atoms with Crippen LogP contribution in [0.3, 0.4) is 0 Å². The lowest BCUT2D eigenvalue weighted by atomic mass is 9.44. The van der Waals surface area contributed by atoms with Crippen molar-refractivity contribution in [3.05, 3.63) is 240 Å². The summed E-state index contributed by atoms with van der Waals surface area (Å²) in [6.45, 7) is 57.3. The number of fused-ring (bicyclic) bond motifs is 24. The number of allylic oxidation sites excluding steroid dienone is 6. The number of morpholine rings is 1. The molecule has 28 atom stereocenters. The Morgan fingerprint density at radius 3 is 1.11 bits per heavy atom. The first-order valence-corrected chi connectivity index (χ1v) is 61.2. The van der Waals surface area contributed by atoms with Gasteiger partial charge >= 0.3 is 0 Å². The van der Waals surface area contributed by atoms with Gasteiger partial charge in [-0.15, -0.1) is 5.10 Å². The fourth-order valence-corrected chi connectivity index (χ4v) is 38.1. The van der Waals surface area contributed by atoms with Gasteiger partial charge in [0.2, 0.25) is 0 Å². The highest BCUT2D eigenvalue weighted by atomic mass is 16.5. The zero-order valence-corrected chi connectivity index (χ0v) is 97.7. The van der Waals surface area contributed by atoms with E-state index in [9.17, 15) is 0 Å². The van der Waals surface area contributed by atoms with E-state index in [1.54, 1.807) is 27.8 Å². The summed E-state index contributed by atoms with van der Waals surface area (Å²) < 4.78 is 7.80. The molecule has 12 saturated carbocycles. The van der Waals surface area contributed by atoms with E-state index in [1.165, 1.54) is 260 Å². The molecule has 1 aliphatic heterocycles. The molecular weight excluding hydrogens is 1810 g/mol. The Morgan fingerprint density at radius 1 is 0.322 bits per heavy atom. The highest BCUT2D eigenvalue weighted by molar-refractivity contribution is 5.89. The van der Waals surface area contributed by atoms with Gasteiger partial charge in [-0.1, -0.05) is 309 Å². The molecule has 0 amide bonds. The number of hydrogen-bond acceptors (Lipinski definition) is 6. The van der Waals surface area contributed by atoms with E-state index < -0.39 is 0 Å². The zero-order valence-electron chi connectivity index (χ0n) is 97.7. The zero-order chi connectivity index (χ0) is 105. The monoisotopic (exact) mass is 2000 g/mol. The predicted octanol–water partition coefficient (Wildman–Crippen LogP) is 37.4. The van der Waals surface area contributed by atoms with E-state index in [1.807, 2.05) is 11.8 Å². The minimum absolute atomic E-state index is 0.248. The van der Waals surface area contributed by atoms with Crippen LogP contribution >= 0.6 is 0 Å². The lowest BCUT2D eigenvalue weighted by molar-refractivity contribution is -0.121. The summed E-state index contributed by atoms with van der Waals surface area (Å²) in [5.41, 5.74) is 18.2. The van der Waals surface area contributed by atoms with Gasteiger partial charge in [-0.25, -0.2) is 4.68 Å². The van der Waals surface area contributed by atoms with Crippen LogP contribution in [0, 0.1) is 137 Å². The van der Waals surface area contributed by atoms with Crippen LogP contribution in [0.1, 0.15) is 398 Å². The molecule has 9 aromatic rings. The second-order valence-electron chi connectivity index (χ2n) is 59.9. The molecule has 8 aromatic carbocycles. The van der Waals surface area contributed by atoms with Gasteiger partial charge in [0, 0.05) is 48.5 Å². The maximum atomic E-state index is 5.66. The molecule has 1 saturated heterocycles. The molecule has 2 heterocycles. The normalized spacial score (nSPS) is 37.9. The molecule has 7 nitrogen and oxygen atoms in total. The predicted molar refractivity (Wildman–Crippen MR) is 633 cm³/mol. The molecule has 1 aromatic heterocycles. The van der Waals surface area contributed by atoms with Crippen molar-refractivity contribution in [1.82, 2.24) is 29.7 Å². The first-order valence-electron chi connectivity index (χ1n) is 61.2. The number of aromatic nitrogens is 3. The van der Waals surface area contributed by atoms with E-state index in [0.29, 0.717) is 72.3 Å². The minimum Gasteiger partial charge on any atom is -0.379 e. The lowest BCUT2D eigenvalue weighted by Crippen LogP contribution is -2.56. The first-order chi connectivity index (χ1) is 70.8. The Balaban J connectivity index is 0.000000113. The SMILES string of the molecule is CC(C)(C)C.CC(C)(C)C.CN([C@H]1CC[C@@]2(C)C(=CC[C@@H]3[C@@H]2CC[C@]2(C)C(c4ccc5ccccc5c4)=CC[C@@H]32)C1)C(C)(C)C.CN([C@H]1CC[C@@]2(C)C(=CC[C@H]3[C@@H]4CC[C@H](c5ccc6ccccc6c5)[C@@]4(C)CC[C@@H]32)C1)C(C)(C)C.C[C@]12CC[C@H](N3CCOCC3)C[C@@H]1CC[C@@H]1[C@@H]2CC[C@]2(C)[C@@H](c3ccc4ccccc4c3)CC[C@@H]12.C[C@]12CC[C@H](n3ccnn3)C[C@@H]1CC[C@@H]1[C@@H]2CC[C@]2(C)C(c3ccc4ccccc4c3)=CC[C@@H]12. The maximum Gasteiger partial charge on any atom is 0.0693 e. The Hall–Kier alpha value is -7.26. The molecule has 0 bridgehead atoms. The van der Waals surface area contributed by atoms with E-state index in [2.05, 4.69) is 396 Å². The van der Waals surface area contributed by atoms with Gasteiger partial charge < -0.3 is 4.74 Å². The average Bonchev–Trinajstić information content (AvgIpc) is 1.62. The van der Waals surface area contributed by atoms with E-state index in [0.717, 1.165) is 127 Å². The molecule has 7 heteroatoms. The summed E-state index contributed by atoms with van der Waals surface area (Å²) in [7, 11) is 4.71. The summed E-state index contributed by atoms with van der Waals surface area (Å²) in [6.07, 6.45) is 59.0. The Bertz CT molecular complexity index is 6250. The molecule has 26 rings (SSSR count). The van der Waals surface area contributed by atoms with Crippen molar-refractivity contribution in [3.63, 3.8) is 0 Å². The molecular formula is C142H198N6O. The number of hydrogen-bond donors (Lipinski definition) is 0. The summed E-state index contributed by atoms with van der Waals surface area (Å²) in [6, 6.07) is 67.3. The van der Waals surface area contributed by atoms with Crippen LogP contribution in [0.2, 0.25) is 0 Å².